The van der Waals surface area contributed by atoms with Gasteiger partial charge in [0.25, 0.3) is 0 Å². The predicted octanol–water partition coefficient (Wildman–Crippen LogP) is 1.97. The van der Waals surface area contributed by atoms with E-state index in [4.69, 9.17) is 5.11 Å². The minimum absolute atomic E-state index is 0.247. The molecular formula is C11H21NO2. The molecule has 82 valence electrons. The standard InChI is InChI=1S/C11H21NO2/c1-3-5-10(11(13)14)12-7-4-6-9(2)8-12/h9-10H,3-8H2,1-2H3,(H,13,14). The zero-order valence-electron chi connectivity index (χ0n) is 9.20. The maximum atomic E-state index is 11.1. The first kappa shape index (κ1) is 11.5. The van der Waals surface area contributed by atoms with E-state index in [2.05, 4.69) is 11.8 Å². The summed E-state index contributed by atoms with van der Waals surface area (Å²) in [4.78, 5) is 13.2. The van der Waals surface area contributed by atoms with Crippen molar-refractivity contribution >= 4 is 5.97 Å². The van der Waals surface area contributed by atoms with Crippen molar-refractivity contribution in [3.8, 4) is 0 Å². The highest BCUT2D eigenvalue weighted by Crippen LogP contribution is 2.19. The maximum Gasteiger partial charge on any atom is 0.320 e. The van der Waals surface area contributed by atoms with Crippen LogP contribution in [0, 0.1) is 5.92 Å². The van der Waals surface area contributed by atoms with Crippen LogP contribution >= 0.6 is 0 Å². The summed E-state index contributed by atoms with van der Waals surface area (Å²) < 4.78 is 0. The van der Waals surface area contributed by atoms with Gasteiger partial charge >= 0.3 is 5.97 Å². The van der Waals surface area contributed by atoms with Crippen molar-refractivity contribution in [1.29, 1.82) is 0 Å². The van der Waals surface area contributed by atoms with E-state index in [1.165, 1.54) is 6.42 Å². The number of hydrogen-bond acceptors (Lipinski definition) is 2. The lowest BCUT2D eigenvalue weighted by molar-refractivity contribution is -0.144. The number of carbonyl (C=O) groups is 1. The molecule has 0 aliphatic carbocycles. The lowest BCUT2D eigenvalue weighted by Gasteiger charge is -2.35. The first-order valence-electron chi connectivity index (χ1n) is 5.62. The van der Waals surface area contributed by atoms with Gasteiger partial charge in [0, 0.05) is 6.54 Å². The van der Waals surface area contributed by atoms with Gasteiger partial charge in [0.2, 0.25) is 0 Å². The first-order valence-corrected chi connectivity index (χ1v) is 5.62. The van der Waals surface area contributed by atoms with Gasteiger partial charge in [0.05, 0.1) is 0 Å². The van der Waals surface area contributed by atoms with Crippen molar-refractivity contribution < 1.29 is 9.90 Å². The number of hydrogen-bond donors (Lipinski definition) is 1. The first-order chi connectivity index (χ1) is 6.65. The van der Waals surface area contributed by atoms with Crippen molar-refractivity contribution in [3.63, 3.8) is 0 Å². The summed E-state index contributed by atoms with van der Waals surface area (Å²) in [5.74, 6) is 0.00315. The fourth-order valence-electron chi connectivity index (χ4n) is 2.24. The normalized spacial score (nSPS) is 26.0. The molecule has 0 aromatic heterocycles. The van der Waals surface area contributed by atoms with Gasteiger partial charge < -0.3 is 5.11 Å². The van der Waals surface area contributed by atoms with E-state index < -0.39 is 5.97 Å². The molecular weight excluding hydrogens is 178 g/mol. The zero-order chi connectivity index (χ0) is 10.6. The Balaban J connectivity index is 2.53. The molecule has 14 heavy (non-hydrogen) atoms. The van der Waals surface area contributed by atoms with Gasteiger partial charge in [0.1, 0.15) is 6.04 Å². The van der Waals surface area contributed by atoms with Crippen molar-refractivity contribution in [1.82, 2.24) is 4.90 Å². The largest absolute Gasteiger partial charge is 0.480 e. The van der Waals surface area contributed by atoms with E-state index in [0.717, 1.165) is 32.4 Å². The summed E-state index contributed by atoms with van der Waals surface area (Å²) in [5, 5.41) is 9.10. The summed E-state index contributed by atoms with van der Waals surface area (Å²) in [6, 6.07) is -0.247. The Morgan fingerprint density at radius 1 is 1.64 bits per heavy atom. The molecule has 1 fully saturated rings. The lowest BCUT2D eigenvalue weighted by atomic mass is 9.97. The van der Waals surface area contributed by atoms with Crippen LogP contribution in [0.3, 0.4) is 0 Å². The van der Waals surface area contributed by atoms with E-state index >= 15 is 0 Å². The van der Waals surface area contributed by atoms with Gasteiger partial charge in [0.15, 0.2) is 0 Å². The third kappa shape index (κ3) is 2.98. The lowest BCUT2D eigenvalue weighted by Crippen LogP contribution is -2.46. The van der Waals surface area contributed by atoms with Gasteiger partial charge in [-0.05, 0) is 31.7 Å². The third-order valence-electron chi connectivity index (χ3n) is 2.98. The number of carboxylic acids is 1. The third-order valence-corrected chi connectivity index (χ3v) is 2.98. The topological polar surface area (TPSA) is 40.5 Å². The number of piperidine rings is 1. The highest BCUT2D eigenvalue weighted by Gasteiger charge is 2.27. The minimum Gasteiger partial charge on any atom is -0.480 e. The van der Waals surface area contributed by atoms with Gasteiger partial charge in [-0.1, -0.05) is 20.3 Å². The molecule has 2 unspecified atom stereocenters. The molecule has 0 aromatic rings. The second-order valence-electron chi connectivity index (χ2n) is 4.39. The summed E-state index contributed by atoms with van der Waals surface area (Å²) >= 11 is 0. The highest BCUT2D eigenvalue weighted by molar-refractivity contribution is 5.73. The summed E-state index contributed by atoms with van der Waals surface area (Å²) in [7, 11) is 0. The second kappa shape index (κ2) is 5.35. The zero-order valence-corrected chi connectivity index (χ0v) is 9.20. The molecule has 1 rings (SSSR count). The van der Waals surface area contributed by atoms with Crippen LogP contribution in [-0.2, 0) is 4.79 Å². The molecule has 1 aliphatic heterocycles. The second-order valence-corrected chi connectivity index (χ2v) is 4.39. The van der Waals surface area contributed by atoms with Crippen molar-refractivity contribution in [3.05, 3.63) is 0 Å². The number of carboxylic acid groups (broad SMARTS) is 1. The van der Waals surface area contributed by atoms with Crippen LogP contribution in [0.2, 0.25) is 0 Å². The minimum atomic E-state index is -0.652. The maximum absolute atomic E-state index is 11.1. The van der Waals surface area contributed by atoms with Gasteiger partial charge in [-0.2, -0.15) is 0 Å². The van der Waals surface area contributed by atoms with Crippen LogP contribution < -0.4 is 0 Å². The van der Waals surface area contributed by atoms with Crippen molar-refractivity contribution in [2.45, 2.75) is 45.6 Å². The average molecular weight is 199 g/mol. The molecule has 1 heterocycles. The van der Waals surface area contributed by atoms with E-state index in [0.29, 0.717) is 5.92 Å². The van der Waals surface area contributed by atoms with Crippen LogP contribution in [-0.4, -0.2) is 35.1 Å². The molecule has 0 radical (unpaired) electrons. The number of nitrogens with zero attached hydrogens (tertiary/aromatic N) is 1. The van der Waals surface area contributed by atoms with E-state index in [1.807, 2.05) is 6.92 Å². The van der Waals surface area contributed by atoms with Crippen LogP contribution in [0.1, 0.15) is 39.5 Å². The molecule has 1 N–H and O–H groups in total. The van der Waals surface area contributed by atoms with E-state index in [9.17, 15) is 4.79 Å². The average Bonchev–Trinajstić information content (AvgIpc) is 2.13. The smallest absolute Gasteiger partial charge is 0.320 e. The Morgan fingerprint density at radius 2 is 2.36 bits per heavy atom. The molecule has 2 atom stereocenters. The van der Waals surface area contributed by atoms with Crippen LogP contribution in [0.25, 0.3) is 0 Å². The van der Waals surface area contributed by atoms with Crippen molar-refractivity contribution in [2.24, 2.45) is 5.92 Å². The monoisotopic (exact) mass is 199 g/mol. The van der Waals surface area contributed by atoms with Gasteiger partial charge in [-0.15, -0.1) is 0 Å². The van der Waals surface area contributed by atoms with Gasteiger partial charge in [-0.25, -0.2) is 0 Å². The highest BCUT2D eigenvalue weighted by atomic mass is 16.4. The number of rotatable bonds is 4. The molecule has 0 amide bonds. The van der Waals surface area contributed by atoms with Crippen LogP contribution in [0.5, 0.6) is 0 Å². The molecule has 0 aromatic carbocycles. The molecule has 3 nitrogen and oxygen atoms in total. The van der Waals surface area contributed by atoms with Crippen LogP contribution in [0.4, 0.5) is 0 Å². The SMILES string of the molecule is CCCC(C(=O)O)N1CCCC(C)C1. The number of likely N-dealkylation sites (tertiary alicyclic amines) is 1. The molecule has 3 heteroatoms. The Bertz CT molecular complexity index is 194. The Hall–Kier alpha value is -0.570. The van der Waals surface area contributed by atoms with Crippen molar-refractivity contribution in [2.75, 3.05) is 13.1 Å². The molecule has 0 bridgehead atoms. The fourth-order valence-corrected chi connectivity index (χ4v) is 2.24. The van der Waals surface area contributed by atoms with Crippen LogP contribution in [0.15, 0.2) is 0 Å². The summed E-state index contributed by atoms with van der Waals surface area (Å²) in [6.07, 6.45) is 4.12. The molecule has 1 saturated heterocycles. The van der Waals surface area contributed by atoms with Gasteiger partial charge in [-0.3, -0.25) is 9.69 Å². The molecule has 0 saturated carbocycles. The van der Waals surface area contributed by atoms with E-state index in [-0.39, 0.29) is 6.04 Å². The summed E-state index contributed by atoms with van der Waals surface area (Å²) in [6.45, 7) is 6.17. The Morgan fingerprint density at radius 3 is 2.86 bits per heavy atom. The number of aliphatic carboxylic acids is 1. The Labute approximate surface area is 86.1 Å². The molecule has 0 spiro atoms. The van der Waals surface area contributed by atoms with E-state index in [1.54, 1.807) is 0 Å². The quantitative estimate of drug-likeness (QED) is 0.752. The Kier molecular flexibility index (Phi) is 4.39. The molecule has 1 aliphatic rings. The predicted molar refractivity (Wildman–Crippen MR) is 56.3 cm³/mol. The summed E-state index contributed by atoms with van der Waals surface area (Å²) in [5.41, 5.74) is 0. The fraction of sp³-hybridized carbons (Fsp3) is 0.909.